The van der Waals surface area contributed by atoms with Gasteiger partial charge in [0.05, 0.1) is 18.7 Å². The van der Waals surface area contributed by atoms with Gasteiger partial charge in [-0.3, -0.25) is 14.5 Å². The third kappa shape index (κ3) is 4.58. The van der Waals surface area contributed by atoms with Crippen LogP contribution in [0.1, 0.15) is 40.4 Å². The molecular weight excluding hydrogens is 398 g/mol. The summed E-state index contributed by atoms with van der Waals surface area (Å²) in [6, 6.07) is 15.0. The lowest BCUT2D eigenvalue weighted by molar-refractivity contribution is -0.140. The lowest BCUT2D eigenvalue weighted by atomic mass is 10.1. The highest BCUT2D eigenvalue weighted by atomic mass is 16.5. The number of hydrogen-bond acceptors (Lipinski definition) is 5. The van der Waals surface area contributed by atoms with Gasteiger partial charge in [0.1, 0.15) is 0 Å². The Morgan fingerprint density at radius 1 is 1.00 bits per heavy atom. The number of likely N-dealkylation sites (tertiary alicyclic amines) is 1. The van der Waals surface area contributed by atoms with E-state index < -0.39 is 18.1 Å². The Balaban J connectivity index is 1.52. The van der Waals surface area contributed by atoms with Crippen LogP contribution in [0.15, 0.2) is 54.6 Å². The molecule has 0 aliphatic carbocycles. The Bertz CT molecular complexity index is 985. The molecule has 0 aromatic heterocycles. The molecular formula is C23H23N3O5. The summed E-state index contributed by atoms with van der Waals surface area (Å²) in [4.78, 5) is 52.4. The van der Waals surface area contributed by atoms with Crippen molar-refractivity contribution in [3.63, 3.8) is 0 Å². The third-order valence-corrected chi connectivity index (χ3v) is 5.41. The molecule has 0 radical (unpaired) electrons. The van der Waals surface area contributed by atoms with Gasteiger partial charge in [-0.2, -0.15) is 0 Å². The molecule has 2 aliphatic rings. The highest BCUT2D eigenvalue weighted by molar-refractivity contribution is 6.02. The van der Waals surface area contributed by atoms with Gasteiger partial charge < -0.3 is 15.0 Å². The van der Waals surface area contributed by atoms with E-state index in [1.807, 2.05) is 6.07 Å². The van der Waals surface area contributed by atoms with E-state index in [-0.39, 0.29) is 30.5 Å². The predicted molar refractivity (Wildman–Crippen MR) is 111 cm³/mol. The molecule has 2 aromatic carbocycles. The van der Waals surface area contributed by atoms with E-state index in [2.05, 4.69) is 5.32 Å². The normalized spacial score (nSPS) is 16.9. The minimum atomic E-state index is -1.03. The number of esters is 1. The fourth-order valence-electron chi connectivity index (χ4n) is 3.76. The maximum absolute atomic E-state index is 13.0. The molecule has 1 atom stereocenters. The Morgan fingerprint density at radius 3 is 2.42 bits per heavy atom. The molecule has 2 fully saturated rings. The number of rotatable bonds is 6. The van der Waals surface area contributed by atoms with Crippen LogP contribution in [0, 0.1) is 0 Å². The van der Waals surface area contributed by atoms with Gasteiger partial charge in [0.15, 0.2) is 0 Å². The fraction of sp³-hybridized carbons (Fsp3) is 0.304. The average Bonchev–Trinajstić information content (AvgIpc) is 3.44. The molecule has 2 saturated heterocycles. The first kappa shape index (κ1) is 20.6. The number of nitrogens with one attached hydrogen (secondary N) is 1. The van der Waals surface area contributed by atoms with E-state index in [4.69, 9.17) is 4.74 Å². The van der Waals surface area contributed by atoms with E-state index in [1.54, 1.807) is 53.4 Å². The van der Waals surface area contributed by atoms with Crippen molar-refractivity contribution >= 4 is 23.8 Å². The number of amides is 4. The number of urea groups is 1. The van der Waals surface area contributed by atoms with Crippen LogP contribution < -0.4 is 5.32 Å². The summed E-state index contributed by atoms with van der Waals surface area (Å²) >= 11 is 0. The van der Waals surface area contributed by atoms with Crippen molar-refractivity contribution in [2.45, 2.75) is 25.5 Å². The Morgan fingerprint density at radius 2 is 1.74 bits per heavy atom. The number of nitrogens with zero attached hydrogens (tertiary/aromatic N) is 2. The first-order chi connectivity index (χ1) is 15.0. The van der Waals surface area contributed by atoms with Crippen LogP contribution in [-0.2, 0) is 20.9 Å². The number of benzene rings is 2. The number of imide groups is 1. The standard InChI is InChI=1S/C23H23N3O5/c27-19-14-24-23(30)26(19)15-16-7-6-10-18(13-16)22(29)31-20(17-8-2-1-3-9-17)21(28)25-11-4-5-12-25/h1-3,6-10,13,20H,4-5,11-12,14-15H2,(H,24,30)/t20-/m1/s1. The predicted octanol–water partition coefficient (Wildman–Crippen LogP) is 2.26. The zero-order valence-electron chi connectivity index (χ0n) is 17.0. The molecule has 2 aromatic rings. The Labute approximate surface area is 179 Å². The van der Waals surface area contributed by atoms with E-state index in [0.29, 0.717) is 24.2 Å². The van der Waals surface area contributed by atoms with E-state index >= 15 is 0 Å². The van der Waals surface area contributed by atoms with Gasteiger partial charge in [-0.15, -0.1) is 0 Å². The lowest BCUT2D eigenvalue weighted by Gasteiger charge is -2.23. The summed E-state index contributed by atoms with van der Waals surface area (Å²) in [5.41, 5.74) is 1.48. The molecule has 0 unspecified atom stereocenters. The third-order valence-electron chi connectivity index (χ3n) is 5.41. The average molecular weight is 421 g/mol. The molecule has 8 heteroatoms. The van der Waals surface area contributed by atoms with Crippen molar-refractivity contribution in [3.8, 4) is 0 Å². The first-order valence-corrected chi connectivity index (χ1v) is 10.2. The van der Waals surface area contributed by atoms with Crippen molar-refractivity contribution in [2.75, 3.05) is 19.6 Å². The van der Waals surface area contributed by atoms with Crippen LogP contribution in [0.2, 0.25) is 0 Å². The van der Waals surface area contributed by atoms with Crippen molar-refractivity contribution in [1.82, 2.24) is 15.1 Å². The van der Waals surface area contributed by atoms with Crippen LogP contribution in [-0.4, -0.2) is 53.2 Å². The van der Waals surface area contributed by atoms with Gasteiger partial charge >= 0.3 is 12.0 Å². The molecule has 0 saturated carbocycles. The summed E-state index contributed by atoms with van der Waals surface area (Å²) < 4.78 is 5.67. The zero-order chi connectivity index (χ0) is 21.8. The second-order valence-electron chi connectivity index (χ2n) is 7.57. The van der Waals surface area contributed by atoms with Crippen molar-refractivity contribution in [3.05, 3.63) is 71.3 Å². The lowest BCUT2D eigenvalue weighted by Crippen LogP contribution is -2.35. The second kappa shape index (κ2) is 8.99. The summed E-state index contributed by atoms with van der Waals surface area (Å²) in [7, 11) is 0. The maximum Gasteiger partial charge on any atom is 0.339 e. The molecule has 0 bridgehead atoms. The topological polar surface area (TPSA) is 96.0 Å². The molecule has 2 heterocycles. The summed E-state index contributed by atoms with van der Waals surface area (Å²) in [6.07, 6.45) is 0.847. The van der Waals surface area contributed by atoms with Crippen molar-refractivity contribution in [1.29, 1.82) is 0 Å². The highest BCUT2D eigenvalue weighted by Gasteiger charge is 2.32. The van der Waals surface area contributed by atoms with E-state index in [9.17, 15) is 19.2 Å². The number of carbonyl (C=O) groups excluding carboxylic acids is 4. The number of ether oxygens (including phenoxy) is 1. The molecule has 31 heavy (non-hydrogen) atoms. The van der Waals surface area contributed by atoms with Crippen LogP contribution >= 0.6 is 0 Å². The molecule has 0 spiro atoms. The van der Waals surface area contributed by atoms with Crippen molar-refractivity contribution in [2.24, 2.45) is 0 Å². The Hall–Kier alpha value is -3.68. The van der Waals surface area contributed by atoms with Gasteiger partial charge in [0.2, 0.25) is 12.0 Å². The van der Waals surface area contributed by atoms with Gasteiger partial charge in [-0.05, 0) is 30.5 Å². The van der Waals surface area contributed by atoms with Crippen LogP contribution in [0.25, 0.3) is 0 Å². The zero-order valence-corrected chi connectivity index (χ0v) is 17.0. The quantitative estimate of drug-likeness (QED) is 0.570. The summed E-state index contributed by atoms with van der Waals surface area (Å²) in [5, 5.41) is 2.46. The van der Waals surface area contributed by atoms with Gasteiger partial charge in [0.25, 0.3) is 5.91 Å². The van der Waals surface area contributed by atoms with Crippen LogP contribution in [0.5, 0.6) is 0 Å². The SMILES string of the molecule is O=C(O[C@@H](C(=O)N1CCCC1)c1ccccc1)c1cccc(CN2C(=O)CNC2=O)c1. The summed E-state index contributed by atoms with van der Waals surface area (Å²) in [6.45, 7) is 1.33. The molecule has 4 rings (SSSR count). The molecule has 2 aliphatic heterocycles. The minimum absolute atomic E-state index is 0.0298. The van der Waals surface area contributed by atoms with Gasteiger partial charge in [-0.1, -0.05) is 42.5 Å². The van der Waals surface area contributed by atoms with E-state index in [0.717, 1.165) is 17.7 Å². The molecule has 1 N–H and O–H groups in total. The Kier molecular flexibility index (Phi) is 5.97. The van der Waals surface area contributed by atoms with Gasteiger partial charge in [0, 0.05) is 18.7 Å². The molecule has 8 nitrogen and oxygen atoms in total. The van der Waals surface area contributed by atoms with Crippen LogP contribution in [0.3, 0.4) is 0 Å². The van der Waals surface area contributed by atoms with Crippen LogP contribution in [0.4, 0.5) is 4.79 Å². The van der Waals surface area contributed by atoms with E-state index in [1.165, 1.54) is 0 Å². The first-order valence-electron chi connectivity index (χ1n) is 10.2. The minimum Gasteiger partial charge on any atom is -0.444 e. The second-order valence-corrected chi connectivity index (χ2v) is 7.57. The number of hydrogen-bond donors (Lipinski definition) is 1. The number of carbonyl (C=O) groups is 4. The smallest absolute Gasteiger partial charge is 0.339 e. The monoisotopic (exact) mass is 421 g/mol. The van der Waals surface area contributed by atoms with Gasteiger partial charge in [-0.25, -0.2) is 9.59 Å². The molecule has 160 valence electrons. The fourth-order valence-corrected chi connectivity index (χ4v) is 3.76. The molecule has 4 amide bonds. The summed E-state index contributed by atoms with van der Waals surface area (Å²) in [5.74, 6) is -1.19. The highest BCUT2D eigenvalue weighted by Crippen LogP contribution is 2.24. The maximum atomic E-state index is 13.0. The largest absolute Gasteiger partial charge is 0.444 e. The van der Waals surface area contributed by atoms with Crippen molar-refractivity contribution < 1.29 is 23.9 Å².